The summed E-state index contributed by atoms with van der Waals surface area (Å²) in [4.78, 5) is 26.2. The Kier molecular flexibility index (Phi) is 6.59. The molecule has 0 bridgehead atoms. The zero-order valence-electron chi connectivity index (χ0n) is 15.6. The molecule has 0 atom stereocenters. The van der Waals surface area contributed by atoms with Crippen LogP contribution in [0.25, 0.3) is 0 Å². The van der Waals surface area contributed by atoms with E-state index in [0.29, 0.717) is 18.2 Å². The van der Waals surface area contributed by atoms with Crippen molar-refractivity contribution < 1.29 is 14.1 Å². The van der Waals surface area contributed by atoms with Crippen molar-refractivity contribution in [1.29, 1.82) is 0 Å². The van der Waals surface area contributed by atoms with E-state index in [9.17, 15) is 9.59 Å². The van der Waals surface area contributed by atoms with Gasteiger partial charge in [-0.05, 0) is 50.8 Å². The Hall–Kier alpha value is -2.67. The van der Waals surface area contributed by atoms with Crippen molar-refractivity contribution in [1.82, 2.24) is 15.4 Å². The first-order chi connectivity index (χ1) is 13.1. The number of benzene rings is 1. The fourth-order valence-corrected chi connectivity index (χ4v) is 3.26. The molecular formula is C20H26N4O3. The lowest BCUT2D eigenvalue weighted by molar-refractivity contribution is -0.136. The van der Waals surface area contributed by atoms with E-state index in [2.05, 4.69) is 45.0 Å². The Morgan fingerprint density at radius 1 is 1.19 bits per heavy atom. The van der Waals surface area contributed by atoms with Crippen LogP contribution in [0.5, 0.6) is 0 Å². The van der Waals surface area contributed by atoms with Crippen molar-refractivity contribution in [2.45, 2.75) is 26.2 Å². The average Bonchev–Trinajstić information content (AvgIpc) is 3.10. The molecule has 7 heteroatoms. The summed E-state index contributed by atoms with van der Waals surface area (Å²) in [5.41, 5.74) is 1.36. The second-order valence-corrected chi connectivity index (χ2v) is 7.01. The van der Waals surface area contributed by atoms with Crippen LogP contribution in [0, 0.1) is 12.8 Å². The van der Waals surface area contributed by atoms with Crippen molar-refractivity contribution in [3.05, 3.63) is 47.7 Å². The van der Waals surface area contributed by atoms with Crippen LogP contribution in [-0.4, -0.2) is 48.0 Å². The van der Waals surface area contributed by atoms with Gasteiger partial charge in [0.1, 0.15) is 5.76 Å². The van der Waals surface area contributed by atoms with Gasteiger partial charge in [-0.1, -0.05) is 35.5 Å². The maximum Gasteiger partial charge on any atom is 0.314 e. The maximum absolute atomic E-state index is 11.9. The fraction of sp³-hybridized carbons (Fsp3) is 0.450. The Bertz CT molecular complexity index is 752. The number of piperidine rings is 1. The van der Waals surface area contributed by atoms with E-state index in [1.54, 1.807) is 13.0 Å². The van der Waals surface area contributed by atoms with Crippen LogP contribution < -0.4 is 10.6 Å². The lowest BCUT2D eigenvalue weighted by Gasteiger charge is -2.32. The summed E-state index contributed by atoms with van der Waals surface area (Å²) in [5, 5.41) is 8.79. The molecule has 1 saturated heterocycles. The molecule has 3 rings (SSSR count). The van der Waals surface area contributed by atoms with E-state index in [0.717, 1.165) is 38.9 Å². The first-order valence-corrected chi connectivity index (χ1v) is 9.39. The third kappa shape index (κ3) is 5.92. The highest BCUT2D eigenvalue weighted by Gasteiger charge is 2.21. The average molecular weight is 370 g/mol. The number of aromatic nitrogens is 1. The molecule has 2 amide bonds. The van der Waals surface area contributed by atoms with Crippen LogP contribution in [0.3, 0.4) is 0 Å². The van der Waals surface area contributed by atoms with Gasteiger partial charge in [0.25, 0.3) is 0 Å². The van der Waals surface area contributed by atoms with Gasteiger partial charge in [-0.2, -0.15) is 0 Å². The molecule has 1 aliphatic rings. The molecule has 27 heavy (non-hydrogen) atoms. The van der Waals surface area contributed by atoms with Gasteiger partial charge in [0.05, 0.1) is 0 Å². The van der Waals surface area contributed by atoms with Crippen LogP contribution in [0.4, 0.5) is 5.82 Å². The van der Waals surface area contributed by atoms with Crippen molar-refractivity contribution in [3.8, 4) is 0 Å². The minimum atomic E-state index is -0.719. The number of anilines is 1. The maximum atomic E-state index is 11.9. The molecule has 1 aliphatic heterocycles. The first-order valence-electron chi connectivity index (χ1n) is 9.39. The largest absolute Gasteiger partial charge is 0.360 e. The highest BCUT2D eigenvalue weighted by molar-refractivity contribution is 6.39. The van der Waals surface area contributed by atoms with Gasteiger partial charge in [0.2, 0.25) is 0 Å². The number of aryl methyl sites for hydroxylation is 1. The molecule has 1 aromatic carbocycles. The SMILES string of the molecule is Cc1cc(NC(=O)C(=O)NCC2CCN(CCc3ccccc3)CC2)no1. The van der Waals surface area contributed by atoms with Crippen LogP contribution in [0.15, 0.2) is 40.9 Å². The summed E-state index contributed by atoms with van der Waals surface area (Å²) < 4.78 is 4.86. The van der Waals surface area contributed by atoms with Gasteiger partial charge in [-0.25, -0.2) is 0 Å². The van der Waals surface area contributed by atoms with E-state index >= 15 is 0 Å². The second-order valence-electron chi connectivity index (χ2n) is 7.01. The fourth-order valence-electron chi connectivity index (χ4n) is 3.26. The predicted octanol–water partition coefficient (Wildman–Crippen LogP) is 1.99. The summed E-state index contributed by atoms with van der Waals surface area (Å²) in [7, 11) is 0. The lowest BCUT2D eigenvalue weighted by Crippen LogP contribution is -2.42. The Morgan fingerprint density at radius 3 is 2.59 bits per heavy atom. The van der Waals surface area contributed by atoms with Crippen molar-refractivity contribution in [2.75, 3.05) is 31.5 Å². The number of hydrogen-bond donors (Lipinski definition) is 2. The Labute approximate surface area is 159 Å². The molecule has 2 heterocycles. The summed E-state index contributed by atoms with van der Waals surface area (Å²) in [6.45, 7) is 5.35. The minimum absolute atomic E-state index is 0.249. The summed E-state index contributed by atoms with van der Waals surface area (Å²) in [6, 6.07) is 12.1. The molecule has 2 aromatic rings. The summed E-state index contributed by atoms with van der Waals surface area (Å²) >= 11 is 0. The monoisotopic (exact) mass is 370 g/mol. The predicted molar refractivity (Wildman–Crippen MR) is 102 cm³/mol. The zero-order chi connectivity index (χ0) is 19.1. The van der Waals surface area contributed by atoms with Crippen molar-refractivity contribution in [3.63, 3.8) is 0 Å². The molecule has 2 N–H and O–H groups in total. The number of rotatable bonds is 6. The van der Waals surface area contributed by atoms with E-state index in [4.69, 9.17) is 4.52 Å². The third-order valence-corrected chi connectivity index (χ3v) is 4.89. The van der Waals surface area contributed by atoms with Gasteiger partial charge in [-0.15, -0.1) is 0 Å². The molecule has 144 valence electrons. The molecule has 0 saturated carbocycles. The summed E-state index contributed by atoms with van der Waals surface area (Å²) in [5.74, 6) is -0.126. The van der Waals surface area contributed by atoms with Crippen LogP contribution in [0.1, 0.15) is 24.2 Å². The van der Waals surface area contributed by atoms with E-state index in [1.165, 1.54) is 5.56 Å². The smallest absolute Gasteiger partial charge is 0.314 e. The molecular weight excluding hydrogens is 344 g/mol. The number of carbonyl (C=O) groups is 2. The van der Waals surface area contributed by atoms with Gasteiger partial charge in [0.15, 0.2) is 5.82 Å². The van der Waals surface area contributed by atoms with Crippen LogP contribution in [-0.2, 0) is 16.0 Å². The van der Waals surface area contributed by atoms with Gasteiger partial charge in [-0.3, -0.25) is 14.9 Å². The topological polar surface area (TPSA) is 87.5 Å². The molecule has 0 spiro atoms. The van der Waals surface area contributed by atoms with Gasteiger partial charge < -0.3 is 14.7 Å². The lowest BCUT2D eigenvalue weighted by atomic mass is 9.96. The Morgan fingerprint density at radius 2 is 1.93 bits per heavy atom. The molecule has 0 aliphatic carbocycles. The number of nitrogens with zero attached hydrogens (tertiary/aromatic N) is 2. The van der Waals surface area contributed by atoms with Crippen molar-refractivity contribution >= 4 is 17.6 Å². The quantitative estimate of drug-likeness (QED) is 0.760. The minimum Gasteiger partial charge on any atom is -0.360 e. The number of likely N-dealkylation sites (tertiary alicyclic amines) is 1. The van der Waals surface area contributed by atoms with Crippen LogP contribution in [0.2, 0.25) is 0 Å². The first kappa shape index (κ1) is 19.1. The van der Waals surface area contributed by atoms with Crippen LogP contribution >= 0.6 is 0 Å². The van der Waals surface area contributed by atoms with Gasteiger partial charge >= 0.3 is 11.8 Å². The normalized spacial score (nSPS) is 15.4. The summed E-state index contributed by atoms with van der Waals surface area (Å²) in [6.07, 6.45) is 3.11. The number of nitrogens with one attached hydrogen (secondary N) is 2. The molecule has 0 unspecified atom stereocenters. The Balaban J connectivity index is 1.33. The van der Waals surface area contributed by atoms with Gasteiger partial charge in [0, 0.05) is 19.2 Å². The van der Waals surface area contributed by atoms with E-state index in [1.807, 2.05) is 6.07 Å². The second kappa shape index (κ2) is 9.32. The molecule has 1 aromatic heterocycles. The van der Waals surface area contributed by atoms with E-state index in [-0.39, 0.29) is 5.82 Å². The highest BCUT2D eigenvalue weighted by Crippen LogP contribution is 2.17. The molecule has 1 fully saturated rings. The zero-order valence-corrected chi connectivity index (χ0v) is 15.6. The molecule has 0 radical (unpaired) electrons. The number of carbonyl (C=O) groups excluding carboxylic acids is 2. The standard InChI is InChI=1S/C20H26N4O3/c1-15-13-18(23-27-15)22-20(26)19(25)21-14-17-8-11-24(12-9-17)10-7-16-5-3-2-4-6-16/h2-6,13,17H,7-12,14H2,1H3,(H,21,25)(H,22,23,26). The molecule has 7 nitrogen and oxygen atoms in total. The van der Waals surface area contributed by atoms with E-state index < -0.39 is 11.8 Å². The van der Waals surface area contributed by atoms with Crippen molar-refractivity contribution in [2.24, 2.45) is 5.92 Å². The number of hydrogen-bond acceptors (Lipinski definition) is 5. The number of amides is 2. The highest BCUT2D eigenvalue weighted by atomic mass is 16.5. The third-order valence-electron chi connectivity index (χ3n) is 4.89.